The lowest BCUT2D eigenvalue weighted by Crippen LogP contribution is -2.47. The van der Waals surface area contributed by atoms with Gasteiger partial charge in [0, 0.05) is 36.9 Å². The van der Waals surface area contributed by atoms with Crippen LogP contribution >= 0.6 is 23.2 Å². The zero-order valence-corrected chi connectivity index (χ0v) is 18.2. The van der Waals surface area contributed by atoms with Gasteiger partial charge in [-0.2, -0.15) is 0 Å². The summed E-state index contributed by atoms with van der Waals surface area (Å²) in [4.78, 5) is 17.5. The van der Waals surface area contributed by atoms with Crippen molar-refractivity contribution >= 4 is 34.8 Å². The Kier molecular flexibility index (Phi) is 6.33. The van der Waals surface area contributed by atoms with Crippen LogP contribution in [-0.2, 0) is 6.42 Å². The first-order valence-corrected chi connectivity index (χ1v) is 11.0. The minimum Gasteiger partial charge on any atom is -0.370 e. The van der Waals surface area contributed by atoms with Crippen molar-refractivity contribution in [1.29, 1.82) is 0 Å². The van der Waals surface area contributed by atoms with E-state index in [1.54, 1.807) is 18.2 Å². The molecule has 2 aliphatic rings. The normalized spacial score (nSPS) is 21.8. The molecule has 0 aliphatic carbocycles. The smallest absolute Gasteiger partial charge is 0.251 e. The van der Waals surface area contributed by atoms with Gasteiger partial charge in [0.15, 0.2) is 0 Å². The van der Waals surface area contributed by atoms with E-state index in [4.69, 9.17) is 23.2 Å². The number of hydrogen-bond donors (Lipinski definition) is 1. The Morgan fingerprint density at radius 2 is 1.90 bits per heavy atom. The van der Waals surface area contributed by atoms with Crippen LogP contribution in [0.4, 0.5) is 5.69 Å². The molecule has 2 aromatic rings. The van der Waals surface area contributed by atoms with Gasteiger partial charge in [-0.1, -0.05) is 41.4 Å². The van der Waals surface area contributed by atoms with Gasteiger partial charge in [0.25, 0.3) is 5.91 Å². The van der Waals surface area contributed by atoms with Crippen molar-refractivity contribution in [2.75, 3.05) is 38.1 Å². The summed E-state index contributed by atoms with van der Waals surface area (Å²) in [5.41, 5.74) is 3.11. The first-order chi connectivity index (χ1) is 14.0. The summed E-state index contributed by atoms with van der Waals surface area (Å²) < 4.78 is 0. The monoisotopic (exact) mass is 431 g/mol. The van der Waals surface area contributed by atoms with Crippen molar-refractivity contribution in [2.24, 2.45) is 5.92 Å². The Balaban J connectivity index is 1.38. The van der Waals surface area contributed by atoms with Crippen LogP contribution in [0.2, 0.25) is 10.0 Å². The molecular formula is C23H27Cl2N3O. The number of piperidine rings is 1. The number of para-hydroxylation sites is 1. The number of likely N-dealkylation sites (N-methyl/N-ethyl adjacent to an activating group) is 1. The molecule has 6 heteroatoms. The molecular weight excluding hydrogens is 405 g/mol. The van der Waals surface area contributed by atoms with Gasteiger partial charge in [-0.25, -0.2) is 0 Å². The number of hydrogen-bond acceptors (Lipinski definition) is 3. The lowest BCUT2D eigenvalue weighted by atomic mass is 9.91. The predicted molar refractivity (Wildman–Crippen MR) is 120 cm³/mol. The maximum absolute atomic E-state index is 12.4. The highest BCUT2D eigenvalue weighted by atomic mass is 35.5. The van der Waals surface area contributed by atoms with Gasteiger partial charge >= 0.3 is 0 Å². The fourth-order valence-corrected chi connectivity index (χ4v) is 4.95. The lowest BCUT2D eigenvalue weighted by molar-refractivity contribution is 0.0954. The highest BCUT2D eigenvalue weighted by Crippen LogP contribution is 2.33. The molecule has 4 nitrogen and oxygen atoms in total. The highest BCUT2D eigenvalue weighted by Gasteiger charge is 2.36. The molecule has 2 unspecified atom stereocenters. The van der Waals surface area contributed by atoms with Crippen molar-refractivity contribution in [3.63, 3.8) is 0 Å². The van der Waals surface area contributed by atoms with E-state index in [1.807, 2.05) is 0 Å². The number of carbonyl (C=O) groups is 1. The van der Waals surface area contributed by atoms with Gasteiger partial charge in [0.2, 0.25) is 0 Å². The van der Waals surface area contributed by atoms with Crippen LogP contribution in [-0.4, -0.2) is 50.1 Å². The van der Waals surface area contributed by atoms with E-state index < -0.39 is 0 Å². The maximum Gasteiger partial charge on any atom is 0.251 e. The van der Waals surface area contributed by atoms with Crippen LogP contribution in [0.5, 0.6) is 0 Å². The van der Waals surface area contributed by atoms with Crippen LogP contribution in [0.3, 0.4) is 0 Å². The number of likely N-dealkylation sites (tertiary alicyclic amines) is 1. The topological polar surface area (TPSA) is 35.6 Å². The Morgan fingerprint density at radius 1 is 1.10 bits per heavy atom. The second-order valence-corrected chi connectivity index (χ2v) is 8.91. The van der Waals surface area contributed by atoms with E-state index in [0.717, 1.165) is 25.4 Å². The van der Waals surface area contributed by atoms with Gasteiger partial charge in [0.05, 0.1) is 10.0 Å². The van der Waals surface area contributed by atoms with Crippen molar-refractivity contribution in [3.8, 4) is 0 Å². The van der Waals surface area contributed by atoms with Crippen LogP contribution in [0.1, 0.15) is 28.8 Å². The molecule has 4 rings (SSSR count). The zero-order valence-electron chi connectivity index (χ0n) is 16.7. The molecule has 2 saturated heterocycles. The summed E-state index contributed by atoms with van der Waals surface area (Å²) in [5.74, 6) is 0.711. The maximum atomic E-state index is 12.4. The Bertz CT molecular complexity index is 888. The molecule has 1 amide bonds. The SMILES string of the molecule is CN1CCC2CCN(c3ccccc3CCNC(=O)c3ccc(Cl)c(Cl)c3)CC21. The quantitative estimate of drug-likeness (QED) is 0.756. The number of amides is 1. The number of nitrogens with one attached hydrogen (secondary N) is 1. The number of anilines is 1. The summed E-state index contributed by atoms with van der Waals surface area (Å²) in [6, 6.07) is 14.2. The molecule has 2 aromatic carbocycles. The Labute approximate surface area is 182 Å². The predicted octanol–water partition coefficient (Wildman–Crippen LogP) is 4.50. The van der Waals surface area contributed by atoms with Gasteiger partial charge in [-0.15, -0.1) is 0 Å². The third kappa shape index (κ3) is 4.55. The number of fused-ring (bicyclic) bond motifs is 1. The van der Waals surface area contributed by atoms with E-state index >= 15 is 0 Å². The summed E-state index contributed by atoms with van der Waals surface area (Å²) in [6.45, 7) is 4.00. The standard InChI is InChI=1S/C23H27Cl2N3O/c1-27-12-9-17-10-13-28(15-22(17)27)21-5-3-2-4-16(21)8-11-26-23(29)18-6-7-19(24)20(25)14-18/h2-7,14,17,22H,8-13,15H2,1H3,(H,26,29). The van der Waals surface area contributed by atoms with Gasteiger partial charge in [-0.3, -0.25) is 4.79 Å². The summed E-state index contributed by atoms with van der Waals surface area (Å²) in [5, 5.41) is 3.85. The molecule has 0 aromatic heterocycles. The zero-order chi connectivity index (χ0) is 20.4. The molecule has 0 bridgehead atoms. The highest BCUT2D eigenvalue weighted by molar-refractivity contribution is 6.42. The number of nitrogens with zero attached hydrogens (tertiary/aromatic N) is 2. The van der Waals surface area contributed by atoms with E-state index in [9.17, 15) is 4.79 Å². The average molecular weight is 432 g/mol. The van der Waals surface area contributed by atoms with Crippen LogP contribution in [0, 0.1) is 5.92 Å². The first kappa shape index (κ1) is 20.5. The van der Waals surface area contributed by atoms with Crippen molar-refractivity contribution in [2.45, 2.75) is 25.3 Å². The number of carbonyl (C=O) groups excluding carboxylic acids is 1. The van der Waals surface area contributed by atoms with E-state index in [-0.39, 0.29) is 5.91 Å². The largest absolute Gasteiger partial charge is 0.370 e. The Morgan fingerprint density at radius 3 is 2.72 bits per heavy atom. The van der Waals surface area contributed by atoms with Gasteiger partial charge < -0.3 is 15.1 Å². The Hall–Kier alpha value is -1.75. The molecule has 2 aliphatic heterocycles. The summed E-state index contributed by atoms with van der Waals surface area (Å²) >= 11 is 12.0. The summed E-state index contributed by atoms with van der Waals surface area (Å²) in [6.07, 6.45) is 3.39. The molecule has 0 spiro atoms. The summed E-state index contributed by atoms with van der Waals surface area (Å²) in [7, 11) is 2.25. The van der Waals surface area contributed by atoms with Gasteiger partial charge in [-0.05, 0) is 68.6 Å². The van der Waals surface area contributed by atoms with Crippen molar-refractivity contribution in [3.05, 3.63) is 63.6 Å². The first-order valence-electron chi connectivity index (χ1n) is 10.3. The average Bonchev–Trinajstić information content (AvgIpc) is 3.10. The fraction of sp³-hybridized carbons (Fsp3) is 0.435. The van der Waals surface area contributed by atoms with Crippen molar-refractivity contribution < 1.29 is 4.79 Å². The lowest BCUT2D eigenvalue weighted by Gasteiger charge is -2.39. The van der Waals surface area contributed by atoms with E-state index in [0.29, 0.717) is 28.2 Å². The second kappa shape index (κ2) is 8.95. The van der Waals surface area contributed by atoms with Crippen LogP contribution in [0.15, 0.2) is 42.5 Å². The van der Waals surface area contributed by atoms with Crippen molar-refractivity contribution in [1.82, 2.24) is 10.2 Å². The number of benzene rings is 2. The molecule has 2 heterocycles. The molecule has 154 valence electrons. The van der Waals surface area contributed by atoms with Gasteiger partial charge in [0.1, 0.15) is 0 Å². The number of rotatable bonds is 5. The molecule has 2 atom stereocenters. The molecule has 1 N–H and O–H groups in total. The van der Waals surface area contributed by atoms with Crippen LogP contribution < -0.4 is 10.2 Å². The minimum atomic E-state index is -0.130. The molecule has 0 saturated carbocycles. The van der Waals surface area contributed by atoms with E-state index in [2.05, 4.69) is 46.4 Å². The third-order valence-electron chi connectivity index (χ3n) is 6.33. The minimum absolute atomic E-state index is 0.130. The second-order valence-electron chi connectivity index (χ2n) is 8.09. The molecule has 29 heavy (non-hydrogen) atoms. The molecule has 0 radical (unpaired) electrons. The molecule has 2 fully saturated rings. The van der Waals surface area contributed by atoms with Crippen LogP contribution in [0.25, 0.3) is 0 Å². The number of halogens is 2. The van der Waals surface area contributed by atoms with E-state index in [1.165, 1.54) is 30.6 Å². The third-order valence-corrected chi connectivity index (χ3v) is 7.07. The fourth-order valence-electron chi connectivity index (χ4n) is 4.65.